The van der Waals surface area contributed by atoms with Crippen molar-refractivity contribution in [3.8, 4) is 0 Å². The summed E-state index contributed by atoms with van der Waals surface area (Å²) in [5, 5.41) is 0. The summed E-state index contributed by atoms with van der Waals surface area (Å²) in [6.07, 6.45) is 1.91. The molecule has 1 aliphatic heterocycles. The van der Waals surface area contributed by atoms with Crippen LogP contribution in [0.2, 0.25) is 0 Å². The number of rotatable bonds is 1. The lowest BCUT2D eigenvalue weighted by Gasteiger charge is -2.24. The minimum absolute atomic E-state index is 0. The summed E-state index contributed by atoms with van der Waals surface area (Å²) in [4.78, 5) is 4.87. The molecule has 2 unspecified atom stereocenters. The zero-order valence-corrected chi connectivity index (χ0v) is 7.96. The van der Waals surface area contributed by atoms with Gasteiger partial charge in [-0.3, -0.25) is 9.80 Å². The van der Waals surface area contributed by atoms with Gasteiger partial charge in [0.25, 0.3) is 0 Å². The van der Waals surface area contributed by atoms with Crippen LogP contribution in [0.1, 0.15) is 20.3 Å². The van der Waals surface area contributed by atoms with Crippen molar-refractivity contribution >= 4 is 0 Å². The van der Waals surface area contributed by atoms with Crippen LogP contribution >= 0.6 is 0 Å². The van der Waals surface area contributed by atoms with E-state index in [-0.39, 0.29) is 5.48 Å². The van der Waals surface area contributed by atoms with Gasteiger partial charge in [0.15, 0.2) is 0 Å². The molecule has 0 spiro atoms. The normalized spacial score (nSPS) is 33.8. The monoisotopic (exact) mass is 160 g/mol. The molecule has 11 heavy (non-hydrogen) atoms. The number of nitrogens with zero attached hydrogens (tertiary/aromatic N) is 2. The Morgan fingerprint density at radius 1 is 1.36 bits per heavy atom. The Hall–Kier alpha value is -0.120. The number of likely N-dealkylation sites (N-methyl/N-ethyl adjacent to an activating group) is 2. The average molecular weight is 160 g/mol. The first kappa shape index (κ1) is 10.9. The van der Waals surface area contributed by atoms with E-state index in [1.54, 1.807) is 0 Å². The van der Waals surface area contributed by atoms with E-state index in [2.05, 4.69) is 37.7 Å². The summed E-state index contributed by atoms with van der Waals surface area (Å²) >= 11 is 0. The molecular weight excluding hydrogens is 140 g/mol. The van der Waals surface area contributed by atoms with Crippen molar-refractivity contribution in [3.05, 3.63) is 0 Å². The molecule has 68 valence electrons. The summed E-state index contributed by atoms with van der Waals surface area (Å²) in [6.45, 7) is 5.75. The van der Waals surface area contributed by atoms with E-state index in [0.29, 0.717) is 6.17 Å². The van der Waals surface area contributed by atoms with E-state index >= 15 is 0 Å². The largest absolute Gasteiger partial charge is 0.412 e. The Labute approximate surface area is 69.3 Å². The van der Waals surface area contributed by atoms with Gasteiger partial charge in [-0.1, -0.05) is 6.92 Å². The molecule has 0 saturated carbocycles. The van der Waals surface area contributed by atoms with Crippen LogP contribution in [0.25, 0.3) is 0 Å². The van der Waals surface area contributed by atoms with Gasteiger partial charge in [-0.15, -0.1) is 0 Å². The molecule has 1 aliphatic rings. The maximum atomic E-state index is 2.44. The van der Waals surface area contributed by atoms with Crippen molar-refractivity contribution in [2.75, 3.05) is 20.6 Å². The Kier molecular flexibility index (Phi) is 4.00. The van der Waals surface area contributed by atoms with E-state index in [1.165, 1.54) is 13.0 Å². The van der Waals surface area contributed by atoms with Crippen LogP contribution in [0.4, 0.5) is 0 Å². The SMILES string of the molecule is CCC1N(C)CC(C)N1C.O. The highest BCUT2D eigenvalue weighted by atomic mass is 16.0. The zero-order chi connectivity index (χ0) is 7.72. The first-order valence-corrected chi connectivity index (χ1v) is 4.09. The molecule has 0 aromatic carbocycles. The topological polar surface area (TPSA) is 38.0 Å². The van der Waals surface area contributed by atoms with Gasteiger partial charge in [0.2, 0.25) is 0 Å². The van der Waals surface area contributed by atoms with Crippen LogP contribution in [-0.4, -0.2) is 48.1 Å². The fourth-order valence-corrected chi connectivity index (χ4v) is 1.87. The lowest BCUT2D eigenvalue weighted by molar-refractivity contribution is 0.168. The number of hydrogen-bond acceptors (Lipinski definition) is 2. The Morgan fingerprint density at radius 3 is 2.09 bits per heavy atom. The Balaban J connectivity index is 0.000001000. The average Bonchev–Trinajstić information content (AvgIpc) is 2.09. The standard InChI is InChI=1S/C8H18N2.H2O/c1-5-8-9(3)6-7(2)10(8)4;/h7-8H,5-6H2,1-4H3;1H2. The molecule has 3 heteroatoms. The van der Waals surface area contributed by atoms with E-state index < -0.39 is 0 Å². The van der Waals surface area contributed by atoms with Crippen molar-refractivity contribution in [2.45, 2.75) is 32.5 Å². The fourth-order valence-electron chi connectivity index (χ4n) is 1.87. The fraction of sp³-hybridized carbons (Fsp3) is 1.00. The molecule has 1 heterocycles. The minimum atomic E-state index is 0. The molecule has 0 aromatic heterocycles. The first-order valence-electron chi connectivity index (χ1n) is 4.09. The summed E-state index contributed by atoms with van der Waals surface area (Å²) in [6, 6.07) is 0.731. The van der Waals surface area contributed by atoms with Gasteiger partial charge in [0.05, 0.1) is 6.17 Å². The highest BCUT2D eigenvalue weighted by Gasteiger charge is 2.29. The smallest absolute Gasteiger partial charge is 0.0618 e. The summed E-state index contributed by atoms with van der Waals surface area (Å²) < 4.78 is 0. The molecule has 3 nitrogen and oxygen atoms in total. The summed E-state index contributed by atoms with van der Waals surface area (Å²) in [7, 11) is 4.41. The van der Waals surface area contributed by atoms with Crippen molar-refractivity contribution in [1.82, 2.24) is 9.80 Å². The second kappa shape index (κ2) is 4.04. The molecule has 0 bridgehead atoms. The summed E-state index contributed by atoms with van der Waals surface area (Å²) in [5.41, 5.74) is 0. The third-order valence-electron chi connectivity index (χ3n) is 2.59. The zero-order valence-electron chi connectivity index (χ0n) is 7.96. The summed E-state index contributed by atoms with van der Waals surface area (Å²) in [5.74, 6) is 0. The van der Waals surface area contributed by atoms with Gasteiger partial charge in [-0.2, -0.15) is 0 Å². The van der Waals surface area contributed by atoms with Crippen LogP contribution in [0.5, 0.6) is 0 Å². The van der Waals surface area contributed by atoms with Crippen molar-refractivity contribution in [1.29, 1.82) is 0 Å². The third kappa shape index (κ3) is 1.92. The second-order valence-electron chi connectivity index (χ2n) is 3.34. The Morgan fingerprint density at radius 2 is 1.91 bits per heavy atom. The molecule has 2 atom stereocenters. The quantitative estimate of drug-likeness (QED) is 0.548. The predicted molar refractivity (Wildman–Crippen MR) is 47.5 cm³/mol. The molecule has 1 fully saturated rings. The van der Waals surface area contributed by atoms with E-state index in [1.807, 2.05) is 0 Å². The van der Waals surface area contributed by atoms with Gasteiger partial charge >= 0.3 is 0 Å². The van der Waals surface area contributed by atoms with E-state index in [9.17, 15) is 0 Å². The highest BCUT2D eigenvalue weighted by molar-refractivity contribution is 4.82. The number of hydrogen-bond donors (Lipinski definition) is 0. The molecule has 0 amide bonds. The van der Waals surface area contributed by atoms with Gasteiger partial charge in [-0.25, -0.2) is 0 Å². The van der Waals surface area contributed by atoms with Crippen molar-refractivity contribution in [2.24, 2.45) is 0 Å². The van der Waals surface area contributed by atoms with Gasteiger partial charge in [0.1, 0.15) is 0 Å². The van der Waals surface area contributed by atoms with Crippen LogP contribution in [0, 0.1) is 0 Å². The van der Waals surface area contributed by atoms with Crippen LogP contribution in [0.15, 0.2) is 0 Å². The molecule has 0 radical (unpaired) electrons. The molecular formula is C8H20N2O. The maximum Gasteiger partial charge on any atom is 0.0618 e. The van der Waals surface area contributed by atoms with Gasteiger partial charge in [-0.05, 0) is 27.4 Å². The van der Waals surface area contributed by atoms with Crippen LogP contribution < -0.4 is 0 Å². The first-order chi connectivity index (χ1) is 4.66. The van der Waals surface area contributed by atoms with Gasteiger partial charge < -0.3 is 5.48 Å². The molecule has 0 aromatic rings. The molecule has 1 rings (SSSR count). The lowest BCUT2D eigenvalue weighted by Crippen LogP contribution is -2.34. The highest BCUT2D eigenvalue weighted by Crippen LogP contribution is 2.18. The van der Waals surface area contributed by atoms with Crippen LogP contribution in [-0.2, 0) is 0 Å². The maximum absolute atomic E-state index is 2.44. The Bertz CT molecular complexity index is 119. The van der Waals surface area contributed by atoms with Crippen LogP contribution in [0.3, 0.4) is 0 Å². The molecule has 0 aliphatic carbocycles. The second-order valence-corrected chi connectivity index (χ2v) is 3.34. The molecule has 1 saturated heterocycles. The molecule has 2 N–H and O–H groups in total. The van der Waals surface area contributed by atoms with Gasteiger partial charge in [0, 0.05) is 12.6 Å². The lowest BCUT2D eigenvalue weighted by atomic mass is 10.3. The van der Waals surface area contributed by atoms with Crippen molar-refractivity contribution in [3.63, 3.8) is 0 Å². The third-order valence-corrected chi connectivity index (χ3v) is 2.59. The minimum Gasteiger partial charge on any atom is -0.412 e. The van der Waals surface area contributed by atoms with E-state index in [4.69, 9.17) is 0 Å². The predicted octanol–water partition coefficient (Wildman–Crippen LogP) is 0.164. The van der Waals surface area contributed by atoms with E-state index in [0.717, 1.165) is 6.04 Å². The van der Waals surface area contributed by atoms with Crippen molar-refractivity contribution < 1.29 is 5.48 Å².